The molecule has 1 aliphatic heterocycles. The van der Waals surface area contributed by atoms with Crippen LogP contribution < -0.4 is 5.32 Å². The summed E-state index contributed by atoms with van der Waals surface area (Å²) >= 11 is 0. The summed E-state index contributed by atoms with van der Waals surface area (Å²) < 4.78 is 2.57. The molecule has 106 valence electrons. The second kappa shape index (κ2) is 5.21. The van der Waals surface area contributed by atoms with E-state index < -0.39 is 0 Å². The van der Waals surface area contributed by atoms with Crippen molar-refractivity contribution in [2.45, 2.75) is 57.0 Å². The van der Waals surface area contributed by atoms with E-state index in [-0.39, 0.29) is 0 Å². The Kier molecular flexibility index (Phi) is 3.23. The molecule has 1 saturated carbocycles. The average molecular weight is 269 g/mol. The van der Waals surface area contributed by atoms with Crippen LogP contribution in [0.15, 0.2) is 24.3 Å². The van der Waals surface area contributed by atoms with Gasteiger partial charge in [-0.25, -0.2) is 4.98 Å². The third-order valence-electron chi connectivity index (χ3n) is 4.93. The highest BCUT2D eigenvalue weighted by Gasteiger charge is 2.27. The van der Waals surface area contributed by atoms with Gasteiger partial charge in [-0.3, -0.25) is 0 Å². The lowest BCUT2D eigenvalue weighted by Crippen LogP contribution is -2.22. The molecule has 3 nitrogen and oxygen atoms in total. The van der Waals surface area contributed by atoms with Crippen molar-refractivity contribution in [1.29, 1.82) is 0 Å². The Hall–Kier alpha value is -1.35. The van der Waals surface area contributed by atoms with Crippen LogP contribution >= 0.6 is 0 Å². The van der Waals surface area contributed by atoms with E-state index in [1.807, 2.05) is 0 Å². The first-order chi connectivity index (χ1) is 9.93. The fourth-order valence-corrected chi connectivity index (χ4v) is 3.94. The fourth-order valence-electron chi connectivity index (χ4n) is 3.94. The number of nitrogens with one attached hydrogen (secondary N) is 1. The minimum Gasteiger partial charge on any atom is -0.324 e. The van der Waals surface area contributed by atoms with E-state index in [0.29, 0.717) is 12.1 Å². The summed E-state index contributed by atoms with van der Waals surface area (Å²) in [5.41, 5.74) is 2.50. The Morgan fingerprint density at radius 3 is 2.65 bits per heavy atom. The molecule has 1 N–H and O–H groups in total. The molecule has 0 amide bonds. The van der Waals surface area contributed by atoms with Crippen molar-refractivity contribution in [2.24, 2.45) is 0 Å². The Morgan fingerprint density at radius 2 is 1.85 bits per heavy atom. The molecule has 2 heterocycles. The summed E-state index contributed by atoms with van der Waals surface area (Å²) in [4.78, 5) is 4.97. The molecule has 3 heteroatoms. The number of hydrogen-bond donors (Lipinski definition) is 1. The highest BCUT2D eigenvalue weighted by molar-refractivity contribution is 5.76. The Morgan fingerprint density at radius 1 is 1.00 bits per heavy atom. The third-order valence-corrected chi connectivity index (χ3v) is 4.93. The van der Waals surface area contributed by atoms with Gasteiger partial charge >= 0.3 is 0 Å². The van der Waals surface area contributed by atoms with E-state index in [1.54, 1.807) is 0 Å². The lowest BCUT2D eigenvalue weighted by molar-refractivity contribution is 0.344. The molecule has 2 fully saturated rings. The lowest BCUT2D eigenvalue weighted by atomic mass is 9.95. The van der Waals surface area contributed by atoms with Gasteiger partial charge in [-0.2, -0.15) is 0 Å². The monoisotopic (exact) mass is 269 g/mol. The molecule has 1 saturated heterocycles. The molecule has 0 radical (unpaired) electrons. The van der Waals surface area contributed by atoms with E-state index in [2.05, 4.69) is 34.1 Å². The van der Waals surface area contributed by atoms with Crippen LogP contribution in [0.3, 0.4) is 0 Å². The fraction of sp³-hybridized carbons (Fsp3) is 0.588. The molecule has 1 aromatic carbocycles. The molecule has 1 aromatic heterocycles. The van der Waals surface area contributed by atoms with Gasteiger partial charge in [0.05, 0.1) is 17.1 Å². The van der Waals surface area contributed by atoms with Crippen LogP contribution in [-0.4, -0.2) is 16.1 Å². The molecule has 1 aliphatic carbocycles. The minimum absolute atomic E-state index is 0.462. The van der Waals surface area contributed by atoms with Crippen LogP contribution in [0.5, 0.6) is 0 Å². The van der Waals surface area contributed by atoms with Gasteiger partial charge in [0.1, 0.15) is 5.82 Å². The van der Waals surface area contributed by atoms with Crippen LogP contribution in [0.4, 0.5) is 0 Å². The molecule has 2 aliphatic rings. The zero-order valence-corrected chi connectivity index (χ0v) is 12.0. The molecule has 4 rings (SSSR count). The molecule has 0 bridgehead atoms. The van der Waals surface area contributed by atoms with Crippen LogP contribution in [0.25, 0.3) is 11.0 Å². The van der Waals surface area contributed by atoms with E-state index in [4.69, 9.17) is 4.98 Å². The number of aromatic nitrogens is 2. The van der Waals surface area contributed by atoms with Crippen molar-refractivity contribution in [3.63, 3.8) is 0 Å². The first-order valence-electron chi connectivity index (χ1n) is 8.14. The normalized spacial score (nSPS) is 24.5. The summed E-state index contributed by atoms with van der Waals surface area (Å²) in [7, 11) is 0. The van der Waals surface area contributed by atoms with Crippen molar-refractivity contribution < 1.29 is 0 Å². The molecular formula is C17H23N3. The summed E-state index contributed by atoms with van der Waals surface area (Å²) in [5.74, 6) is 1.29. The molecule has 0 spiro atoms. The van der Waals surface area contributed by atoms with Gasteiger partial charge in [0.15, 0.2) is 0 Å². The topological polar surface area (TPSA) is 29.9 Å². The first kappa shape index (κ1) is 12.4. The van der Waals surface area contributed by atoms with Crippen molar-refractivity contribution >= 4 is 11.0 Å². The molecular weight excluding hydrogens is 246 g/mol. The predicted octanol–water partition coefficient (Wildman–Crippen LogP) is 3.97. The quantitative estimate of drug-likeness (QED) is 0.894. The number of imidazole rings is 1. The van der Waals surface area contributed by atoms with Crippen molar-refractivity contribution in [3.05, 3.63) is 30.1 Å². The van der Waals surface area contributed by atoms with Crippen molar-refractivity contribution in [1.82, 2.24) is 14.9 Å². The number of fused-ring (bicyclic) bond motifs is 1. The van der Waals surface area contributed by atoms with Gasteiger partial charge in [0, 0.05) is 6.04 Å². The lowest BCUT2D eigenvalue weighted by Gasteiger charge is -2.27. The number of benzene rings is 1. The SMILES string of the molecule is c1ccc2c(c1)nc(C1CCCN1)n2C1CCCCC1. The van der Waals surface area contributed by atoms with E-state index in [1.165, 1.54) is 61.8 Å². The van der Waals surface area contributed by atoms with Crippen LogP contribution in [0.1, 0.15) is 62.9 Å². The second-order valence-electron chi connectivity index (χ2n) is 6.27. The maximum absolute atomic E-state index is 4.97. The highest BCUT2D eigenvalue weighted by Crippen LogP contribution is 2.35. The van der Waals surface area contributed by atoms with Gasteiger partial charge in [-0.1, -0.05) is 31.4 Å². The van der Waals surface area contributed by atoms with Crippen LogP contribution in [-0.2, 0) is 0 Å². The molecule has 20 heavy (non-hydrogen) atoms. The maximum Gasteiger partial charge on any atom is 0.127 e. The number of nitrogens with zero attached hydrogens (tertiary/aromatic N) is 2. The molecule has 1 unspecified atom stereocenters. The van der Waals surface area contributed by atoms with Crippen LogP contribution in [0.2, 0.25) is 0 Å². The number of hydrogen-bond acceptors (Lipinski definition) is 2. The van der Waals surface area contributed by atoms with Gasteiger partial charge in [-0.05, 0) is 44.4 Å². The minimum atomic E-state index is 0.462. The van der Waals surface area contributed by atoms with Gasteiger partial charge in [0.25, 0.3) is 0 Å². The highest BCUT2D eigenvalue weighted by atomic mass is 15.2. The van der Waals surface area contributed by atoms with Crippen molar-refractivity contribution in [2.75, 3.05) is 6.54 Å². The summed E-state index contributed by atoms with van der Waals surface area (Å²) in [5, 5.41) is 3.63. The van der Waals surface area contributed by atoms with Gasteiger partial charge in [-0.15, -0.1) is 0 Å². The van der Waals surface area contributed by atoms with Gasteiger partial charge < -0.3 is 9.88 Å². The summed E-state index contributed by atoms with van der Waals surface area (Å²) in [6.45, 7) is 1.14. The maximum atomic E-state index is 4.97. The van der Waals surface area contributed by atoms with E-state index in [9.17, 15) is 0 Å². The summed E-state index contributed by atoms with van der Waals surface area (Å²) in [6, 6.07) is 9.78. The number of rotatable bonds is 2. The van der Waals surface area contributed by atoms with E-state index in [0.717, 1.165) is 6.54 Å². The Bertz CT molecular complexity index is 589. The zero-order chi connectivity index (χ0) is 13.4. The van der Waals surface area contributed by atoms with Gasteiger partial charge in [0.2, 0.25) is 0 Å². The molecule has 1 atom stereocenters. The van der Waals surface area contributed by atoms with Crippen LogP contribution in [0, 0.1) is 0 Å². The van der Waals surface area contributed by atoms with Crippen molar-refractivity contribution in [3.8, 4) is 0 Å². The van der Waals surface area contributed by atoms with E-state index >= 15 is 0 Å². The smallest absolute Gasteiger partial charge is 0.127 e. The second-order valence-corrected chi connectivity index (χ2v) is 6.27. The Labute approximate surface area is 120 Å². The predicted molar refractivity (Wildman–Crippen MR) is 81.8 cm³/mol. The zero-order valence-electron chi connectivity index (χ0n) is 12.0. The Balaban J connectivity index is 1.83. The standard InChI is InChI=1S/C17H23N3/c1-2-7-13(8-3-1)20-16-11-5-4-9-14(16)19-17(20)15-10-6-12-18-15/h4-5,9,11,13,15,18H,1-3,6-8,10,12H2. The molecule has 2 aromatic rings. The summed E-state index contributed by atoms with van der Waals surface area (Å²) in [6.07, 6.45) is 9.29. The first-order valence-corrected chi connectivity index (χ1v) is 8.14. The largest absolute Gasteiger partial charge is 0.324 e. The third kappa shape index (κ3) is 2.05. The average Bonchev–Trinajstić information content (AvgIpc) is 3.15. The number of para-hydroxylation sites is 2.